The molecule has 0 spiro atoms. The van der Waals surface area contributed by atoms with Gasteiger partial charge in [-0.2, -0.15) is 0 Å². The van der Waals surface area contributed by atoms with E-state index in [9.17, 15) is 29.8 Å². The lowest BCUT2D eigenvalue weighted by Crippen LogP contribution is -2.36. The van der Waals surface area contributed by atoms with Crippen LogP contribution in [-0.4, -0.2) is 21.4 Å². The molecule has 0 radical (unpaired) electrons. The number of nitro benzene ring substituents is 2. The highest BCUT2D eigenvalue weighted by Gasteiger charge is 2.40. The maximum absolute atomic E-state index is 13.0. The van der Waals surface area contributed by atoms with Gasteiger partial charge in [0.1, 0.15) is 5.75 Å². The van der Waals surface area contributed by atoms with Gasteiger partial charge >= 0.3 is 5.69 Å². The van der Waals surface area contributed by atoms with Crippen LogP contribution in [0.5, 0.6) is 11.5 Å². The van der Waals surface area contributed by atoms with Crippen molar-refractivity contribution in [3.63, 3.8) is 0 Å². The number of benzene rings is 2. The minimum Gasteiger partial charge on any atom is -0.450 e. The Hall–Kier alpha value is -4.34. The van der Waals surface area contributed by atoms with Gasteiger partial charge in [0.15, 0.2) is 11.6 Å². The number of carbonyl (C=O) groups excluding carboxylic acids is 2. The molecule has 0 saturated carbocycles. The second-order valence-corrected chi connectivity index (χ2v) is 8.74. The SMILES string of the molecule is O=C1CCCC2=C1C(c1cccc(Oc3ccc([N+](=O)[O-])cc3[N+](=O)[O-])c1)C1=C(CCCC1=O)N2. The standard InChI is InChI=1S/C25H21N3O7/c29-20-8-2-6-17-24(20)23(25-18(26-17)7-3-9-21(25)30)14-4-1-5-16(12-14)35-22-11-10-15(27(31)32)13-19(22)28(33)34/h1,4-5,10-13,23,26H,2-3,6-9H2. The third-order valence-electron chi connectivity index (χ3n) is 6.56. The third kappa shape index (κ3) is 4.07. The Morgan fingerprint density at radius 3 is 2.09 bits per heavy atom. The maximum atomic E-state index is 13.0. The van der Waals surface area contributed by atoms with Crippen LogP contribution in [0.1, 0.15) is 50.0 Å². The summed E-state index contributed by atoms with van der Waals surface area (Å²) in [6, 6.07) is 9.95. The molecule has 1 N–H and O–H groups in total. The lowest BCUT2D eigenvalue weighted by Gasteiger charge is -2.37. The molecular formula is C25H21N3O7. The van der Waals surface area contributed by atoms with Crippen LogP contribution in [0, 0.1) is 20.2 Å². The lowest BCUT2D eigenvalue weighted by molar-refractivity contribution is -0.394. The number of allylic oxidation sites excluding steroid dienone is 4. The number of nitro groups is 2. The molecule has 0 saturated heterocycles. The van der Waals surface area contributed by atoms with Crippen LogP contribution in [0.3, 0.4) is 0 Å². The van der Waals surface area contributed by atoms with Crippen molar-refractivity contribution in [2.24, 2.45) is 0 Å². The number of Topliss-reactive ketones (excluding diaryl/α,β-unsaturated/α-hetero) is 2. The zero-order valence-corrected chi connectivity index (χ0v) is 18.6. The van der Waals surface area contributed by atoms with Gasteiger partial charge in [0.25, 0.3) is 5.69 Å². The summed E-state index contributed by atoms with van der Waals surface area (Å²) < 4.78 is 5.78. The molecule has 0 bridgehead atoms. The molecule has 0 unspecified atom stereocenters. The molecule has 1 aliphatic heterocycles. The molecule has 3 aliphatic rings. The van der Waals surface area contributed by atoms with E-state index in [1.165, 1.54) is 6.07 Å². The number of carbonyl (C=O) groups is 2. The summed E-state index contributed by atoms with van der Waals surface area (Å²) in [5.74, 6) is -0.409. The van der Waals surface area contributed by atoms with Gasteiger partial charge in [0, 0.05) is 47.4 Å². The molecule has 0 amide bonds. The van der Waals surface area contributed by atoms with Crippen LogP contribution in [0.15, 0.2) is 65.0 Å². The van der Waals surface area contributed by atoms with Crippen molar-refractivity contribution in [2.45, 2.75) is 44.4 Å². The number of hydrogen-bond acceptors (Lipinski definition) is 8. The first kappa shape index (κ1) is 22.5. The highest BCUT2D eigenvalue weighted by molar-refractivity contribution is 6.06. The van der Waals surface area contributed by atoms with E-state index >= 15 is 0 Å². The fourth-order valence-electron chi connectivity index (χ4n) is 5.05. The summed E-state index contributed by atoms with van der Waals surface area (Å²) in [5, 5.41) is 25.9. The Bertz CT molecular complexity index is 1320. The van der Waals surface area contributed by atoms with Crippen molar-refractivity contribution in [2.75, 3.05) is 0 Å². The van der Waals surface area contributed by atoms with Gasteiger partial charge in [0.2, 0.25) is 5.75 Å². The van der Waals surface area contributed by atoms with Gasteiger partial charge in [0.05, 0.1) is 15.9 Å². The molecule has 178 valence electrons. The fraction of sp³-hybridized carbons (Fsp3) is 0.280. The maximum Gasteiger partial charge on any atom is 0.318 e. The molecule has 2 aliphatic carbocycles. The summed E-state index contributed by atoms with van der Waals surface area (Å²) in [7, 11) is 0. The average Bonchev–Trinajstić information content (AvgIpc) is 2.83. The van der Waals surface area contributed by atoms with E-state index in [1.807, 2.05) is 6.07 Å². The smallest absolute Gasteiger partial charge is 0.318 e. The van der Waals surface area contributed by atoms with Gasteiger partial charge in [-0.25, -0.2) is 0 Å². The fourth-order valence-corrected chi connectivity index (χ4v) is 5.05. The van der Waals surface area contributed by atoms with Crippen molar-refractivity contribution < 1.29 is 24.2 Å². The summed E-state index contributed by atoms with van der Waals surface area (Å²) in [6.45, 7) is 0. The summed E-state index contributed by atoms with van der Waals surface area (Å²) in [4.78, 5) is 47.0. The molecule has 5 rings (SSSR count). The van der Waals surface area contributed by atoms with Gasteiger partial charge in [-0.15, -0.1) is 0 Å². The molecule has 0 aromatic heterocycles. The second kappa shape index (κ2) is 8.79. The normalized spacial score (nSPS) is 18.1. The Morgan fingerprint density at radius 2 is 1.49 bits per heavy atom. The van der Waals surface area contributed by atoms with Crippen molar-refractivity contribution in [3.8, 4) is 11.5 Å². The van der Waals surface area contributed by atoms with Gasteiger partial charge < -0.3 is 10.1 Å². The number of rotatable bonds is 5. The highest BCUT2D eigenvalue weighted by atomic mass is 16.6. The van der Waals surface area contributed by atoms with E-state index in [0.717, 1.165) is 49.2 Å². The van der Waals surface area contributed by atoms with Gasteiger partial charge in [-0.1, -0.05) is 12.1 Å². The van der Waals surface area contributed by atoms with Crippen LogP contribution < -0.4 is 10.1 Å². The molecule has 10 nitrogen and oxygen atoms in total. The number of dihydropyridines is 1. The molecule has 35 heavy (non-hydrogen) atoms. The minimum atomic E-state index is -0.742. The molecule has 2 aromatic carbocycles. The Morgan fingerprint density at radius 1 is 0.829 bits per heavy atom. The van der Waals surface area contributed by atoms with Crippen molar-refractivity contribution >= 4 is 22.9 Å². The van der Waals surface area contributed by atoms with Crippen molar-refractivity contribution in [3.05, 3.63) is 90.8 Å². The zero-order chi connectivity index (χ0) is 24.7. The van der Waals surface area contributed by atoms with Crippen LogP contribution in [0.2, 0.25) is 0 Å². The largest absolute Gasteiger partial charge is 0.450 e. The second-order valence-electron chi connectivity index (χ2n) is 8.74. The number of nitrogens with zero attached hydrogens (tertiary/aromatic N) is 2. The number of nitrogens with one attached hydrogen (secondary N) is 1. The predicted octanol–water partition coefficient (Wildman–Crippen LogP) is 5.00. The van der Waals surface area contributed by atoms with Crippen LogP contribution in [0.25, 0.3) is 0 Å². The number of non-ortho nitro benzene ring substituents is 1. The molecular weight excluding hydrogens is 454 g/mol. The van der Waals surface area contributed by atoms with Crippen LogP contribution in [0.4, 0.5) is 11.4 Å². The quantitative estimate of drug-likeness (QED) is 0.470. The van der Waals surface area contributed by atoms with E-state index < -0.39 is 27.1 Å². The molecule has 10 heteroatoms. The number of ketones is 2. The monoisotopic (exact) mass is 475 g/mol. The van der Waals surface area contributed by atoms with Crippen molar-refractivity contribution in [1.82, 2.24) is 5.32 Å². The molecule has 0 fully saturated rings. The first-order valence-corrected chi connectivity index (χ1v) is 11.3. The zero-order valence-electron chi connectivity index (χ0n) is 18.6. The molecule has 2 aromatic rings. The van der Waals surface area contributed by atoms with E-state index in [-0.39, 0.29) is 23.1 Å². The Labute approximate surface area is 199 Å². The lowest BCUT2D eigenvalue weighted by atomic mass is 9.71. The summed E-state index contributed by atoms with van der Waals surface area (Å²) >= 11 is 0. The predicted molar refractivity (Wildman–Crippen MR) is 124 cm³/mol. The van der Waals surface area contributed by atoms with Crippen molar-refractivity contribution in [1.29, 1.82) is 0 Å². The van der Waals surface area contributed by atoms with Gasteiger partial charge in [-0.05, 0) is 49.4 Å². The summed E-state index contributed by atoms with van der Waals surface area (Å²) in [5.41, 5.74) is 2.64. The van der Waals surface area contributed by atoms with Gasteiger partial charge in [-0.3, -0.25) is 29.8 Å². The molecule has 1 heterocycles. The number of ether oxygens (including phenoxy) is 1. The van der Waals surface area contributed by atoms with Crippen LogP contribution in [-0.2, 0) is 9.59 Å². The highest BCUT2D eigenvalue weighted by Crippen LogP contribution is 2.46. The average molecular weight is 475 g/mol. The van der Waals surface area contributed by atoms with E-state index in [0.29, 0.717) is 29.6 Å². The van der Waals surface area contributed by atoms with Crippen LogP contribution >= 0.6 is 0 Å². The third-order valence-corrected chi connectivity index (χ3v) is 6.56. The number of hydrogen-bond donors (Lipinski definition) is 1. The Balaban J connectivity index is 1.57. The van der Waals surface area contributed by atoms with E-state index in [2.05, 4.69) is 5.32 Å². The molecule has 0 atom stereocenters. The van der Waals surface area contributed by atoms with E-state index in [4.69, 9.17) is 4.74 Å². The summed E-state index contributed by atoms with van der Waals surface area (Å²) in [6.07, 6.45) is 3.79. The Kier molecular flexibility index (Phi) is 5.64. The minimum absolute atomic E-state index is 0.00556. The first-order valence-electron chi connectivity index (χ1n) is 11.3. The first-order chi connectivity index (χ1) is 16.8. The topological polar surface area (TPSA) is 142 Å². The van der Waals surface area contributed by atoms with E-state index in [1.54, 1.807) is 18.2 Å².